The molecule has 0 fully saturated rings. The van der Waals surface area contributed by atoms with Gasteiger partial charge >= 0.3 is 6.16 Å². The molecule has 0 radical (unpaired) electrons. The van der Waals surface area contributed by atoms with Crippen molar-refractivity contribution < 1.29 is 14.3 Å². The predicted octanol–water partition coefficient (Wildman–Crippen LogP) is 5.02. The van der Waals surface area contributed by atoms with Crippen molar-refractivity contribution in [2.24, 2.45) is 0 Å². The van der Waals surface area contributed by atoms with Crippen LogP contribution in [0.4, 0.5) is 4.79 Å². The van der Waals surface area contributed by atoms with Crippen LogP contribution in [0.2, 0.25) is 0 Å². The lowest BCUT2D eigenvalue weighted by Gasteiger charge is -2.21. The van der Waals surface area contributed by atoms with Crippen molar-refractivity contribution in [3.63, 3.8) is 0 Å². The molecular weight excluding hydrogens is 264 g/mol. The summed E-state index contributed by atoms with van der Waals surface area (Å²) in [6.45, 7) is 9.13. The maximum atomic E-state index is 11.8. The summed E-state index contributed by atoms with van der Waals surface area (Å²) in [7, 11) is 0. The van der Waals surface area contributed by atoms with Gasteiger partial charge in [-0.3, -0.25) is 0 Å². The monoisotopic (exact) mass is 284 g/mol. The lowest BCUT2D eigenvalue weighted by Crippen LogP contribution is -2.25. The van der Waals surface area contributed by atoms with Crippen molar-refractivity contribution in [3.05, 3.63) is 60.7 Å². The van der Waals surface area contributed by atoms with Crippen LogP contribution < -0.4 is 0 Å². The van der Waals surface area contributed by atoms with Crippen LogP contribution in [-0.4, -0.2) is 11.8 Å². The summed E-state index contributed by atoms with van der Waals surface area (Å²) in [5, 5.41) is 2.23. The van der Waals surface area contributed by atoms with Crippen LogP contribution >= 0.6 is 0 Å². The first-order valence-corrected chi connectivity index (χ1v) is 6.90. The zero-order chi connectivity index (χ0) is 15.5. The van der Waals surface area contributed by atoms with Gasteiger partial charge in [-0.25, -0.2) is 4.79 Å². The first-order valence-electron chi connectivity index (χ1n) is 6.90. The number of rotatable bonds is 3. The van der Waals surface area contributed by atoms with E-state index in [0.29, 0.717) is 0 Å². The fourth-order valence-electron chi connectivity index (χ4n) is 2.01. The first-order chi connectivity index (χ1) is 9.89. The Kier molecular flexibility index (Phi) is 4.32. The first kappa shape index (κ1) is 15.1. The van der Waals surface area contributed by atoms with Crippen LogP contribution in [0.1, 0.15) is 32.4 Å². The summed E-state index contributed by atoms with van der Waals surface area (Å²) < 4.78 is 10.5. The van der Waals surface area contributed by atoms with Gasteiger partial charge in [-0.1, -0.05) is 43.0 Å². The lowest BCUT2D eigenvalue weighted by atomic mass is 10.0. The molecule has 0 aromatic heterocycles. The number of ether oxygens (including phenoxy) is 2. The maximum Gasteiger partial charge on any atom is 0.509 e. The molecule has 21 heavy (non-hydrogen) atoms. The molecule has 0 aliphatic rings. The van der Waals surface area contributed by atoms with Crippen molar-refractivity contribution >= 4 is 16.9 Å². The van der Waals surface area contributed by atoms with Gasteiger partial charge in [-0.05, 0) is 49.2 Å². The molecule has 110 valence electrons. The number of benzene rings is 2. The Morgan fingerprint density at radius 2 is 1.81 bits per heavy atom. The average molecular weight is 284 g/mol. The summed E-state index contributed by atoms with van der Waals surface area (Å²) in [5.74, 6) is 0. The standard InChI is InChI=1S/C18H20O3/c1-5-16(20-17(19)21-18(2,3)4)15-11-10-13-8-6-7-9-14(13)12-15/h5-12,16H,1H2,2-4H3. The summed E-state index contributed by atoms with van der Waals surface area (Å²) in [5.41, 5.74) is 0.293. The van der Waals surface area contributed by atoms with E-state index in [9.17, 15) is 4.79 Å². The van der Waals surface area contributed by atoms with E-state index in [1.165, 1.54) is 0 Å². The normalized spacial score (nSPS) is 12.7. The molecule has 2 aromatic rings. The Labute approximate surface area is 125 Å². The van der Waals surface area contributed by atoms with Gasteiger partial charge in [0.2, 0.25) is 0 Å². The zero-order valence-electron chi connectivity index (χ0n) is 12.6. The average Bonchev–Trinajstić information content (AvgIpc) is 2.42. The van der Waals surface area contributed by atoms with Gasteiger partial charge in [0.05, 0.1) is 0 Å². The lowest BCUT2D eigenvalue weighted by molar-refractivity contribution is -0.0187. The zero-order valence-corrected chi connectivity index (χ0v) is 12.6. The largest absolute Gasteiger partial charge is 0.509 e. The van der Waals surface area contributed by atoms with Gasteiger partial charge in [0.1, 0.15) is 11.7 Å². The highest BCUT2D eigenvalue weighted by molar-refractivity contribution is 5.83. The second-order valence-corrected chi connectivity index (χ2v) is 5.85. The van der Waals surface area contributed by atoms with Gasteiger partial charge in [0.15, 0.2) is 0 Å². The third-order valence-electron chi connectivity index (χ3n) is 2.93. The minimum Gasteiger partial charge on any atom is -0.429 e. The quantitative estimate of drug-likeness (QED) is 0.586. The van der Waals surface area contributed by atoms with Crippen molar-refractivity contribution in [1.29, 1.82) is 0 Å². The number of carbonyl (C=O) groups is 1. The Morgan fingerprint density at radius 3 is 2.43 bits per heavy atom. The molecule has 2 rings (SSSR count). The van der Waals surface area contributed by atoms with E-state index in [0.717, 1.165) is 16.3 Å². The van der Waals surface area contributed by atoms with E-state index in [1.807, 2.05) is 42.5 Å². The SMILES string of the molecule is C=CC(OC(=O)OC(C)(C)C)c1ccc2ccccc2c1. The third kappa shape index (κ3) is 4.09. The summed E-state index contributed by atoms with van der Waals surface area (Å²) in [6.07, 6.45) is 0.374. The maximum absolute atomic E-state index is 11.8. The second kappa shape index (κ2) is 6.00. The molecule has 0 aliphatic heterocycles. The highest BCUT2D eigenvalue weighted by atomic mass is 16.7. The van der Waals surface area contributed by atoms with E-state index in [-0.39, 0.29) is 0 Å². The van der Waals surface area contributed by atoms with E-state index in [4.69, 9.17) is 9.47 Å². The molecule has 1 unspecified atom stereocenters. The predicted molar refractivity (Wildman–Crippen MR) is 84.2 cm³/mol. The van der Waals surface area contributed by atoms with Gasteiger partial charge in [0.25, 0.3) is 0 Å². The molecule has 0 aliphatic carbocycles. The van der Waals surface area contributed by atoms with Crippen LogP contribution in [0, 0.1) is 0 Å². The molecule has 0 spiro atoms. The van der Waals surface area contributed by atoms with Gasteiger partial charge < -0.3 is 9.47 Å². The molecule has 0 bridgehead atoms. The molecule has 0 N–H and O–H groups in total. The Balaban J connectivity index is 2.19. The summed E-state index contributed by atoms with van der Waals surface area (Å²) in [6, 6.07) is 13.9. The van der Waals surface area contributed by atoms with Gasteiger partial charge in [-0.2, -0.15) is 0 Å². The van der Waals surface area contributed by atoms with Gasteiger partial charge in [0, 0.05) is 0 Å². The van der Waals surface area contributed by atoms with Crippen LogP contribution in [0.15, 0.2) is 55.1 Å². The van der Waals surface area contributed by atoms with Crippen LogP contribution in [0.25, 0.3) is 10.8 Å². The molecule has 0 saturated carbocycles. The van der Waals surface area contributed by atoms with E-state index in [2.05, 4.69) is 6.58 Å². The molecular formula is C18H20O3. The topological polar surface area (TPSA) is 35.5 Å². The van der Waals surface area contributed by atoms with Crippen molar-refractivity contribution in [2.75, 3.05) is 0 Å². The Morgan fingerprint density at radius 1 is 1.14 bits per heavy atom. The molecule has 3 heteroatoms. The molecule has 0 amide bonds. The smallest absolute Gasteiger partial charge is 0.429 e. The van der Waals surface area contributed by atoms with E-state index in [1.54, 1.807) is 26.8 Å². The fourth-order valence-corrected chi connectivity index (χ4v) is 2.01. The van der Waals surface area contributed by atoms with Crippen molar-refractivity contribution in [2.45, 2.75) is 32.5 Å². The number of hydrogen-bond donors (Lipinski definition) is 0. The molecule has 3 nitrogen and oxygen atoms in total. The number of carbonyl (C=O) groups excluding carboxylic acids is 1. The molecule has 0 saturated heterocycles. The minimum atomic E-state index is -0.694. The molecule has 0 heterocycles. The van der Waals surface area contributed by atoms with Crippen molar-refractivity contribution in [1.82, 2.24) is 0 Å². The van der Waals surface area contributed by atoms with E-state index < -0.39 is 17.9 Å². The summed E-state index contributed by atoms with van der Waals surface area (Å²) in [4.78, 5) is 11.8. The molecule has 1 atom stereocenters. The highest BCUT2D eigenvalue weighted by Gasteiger charge is 2.21. The molecule has 2 aromatic carbocycles. The van der Waals surface area contributed by atoms with Crippen LogP contribution in [0.5, 0.6) is 0 Å². The minimum absolute atomic E-state index is 0.524. The van der Waals surface area contributed by atoms with Gasteiger partial charge in [-0.15, -0.1) is 0 Å². The highest BCUT2D eigenvalue weighted by Crippen LogP contribution is 2.24. The third-order valence-corrected chi connectivity index (χ3v) is 2.93. The van der Waals surface area contributed by atoms with E-state index >= 15 is 0 Å². The Hall–Kier alpha value is -2.29. The number of hydrogen-bond acceptors (Lipinski definition) is 3. The van der Waals surface area contributed by atoms with Crippen molar-refractivity contribution in [3.8, 4) is 0 Å². The van der Waals surface area contributed by atoms with Crippen LogP contribution in [-0.2, 0) is 9.47 Å². The number of fused-ring (bicyclic) bond motifs is 1. The van der Waals surface area contributed by atoms with Crippen LogP contribution in [0.3, 0.4) is 0 Å². The second-order valence-electron chi connectivity index (χ2n) is 5.85. The fraction of sp³-hybridized carbons (Fsp3) is 0.278. The summed E-state index contributed by atoms with van der Waals surface area (Å²) >= 11 is 0. The Bertz CT molecular complexity index is 653.